The number of unbranched alkanes of at least 4 members (excludes halogenated alkanes) is 4. The van der Waals surface area contributed by atoms with Gasteiger partial charge in [0.2, 0.25) is 0 Å². The van der Waals surface area contributed by atoms with E-state index in [1.54, 1.807) is 6.07 Å². The zero-order valence-electron chi connectivity index (χ0n) is 12.5. The van der Waals surface area contributed by atoms with Crippen LogP contribution in [-0.2, 0) is 12.8 Å². The van der Waals surface area contributed by atoms with Crippen LogP contribution in [0.4, 0.5) is 0 Å². The number of aromatic carboxylic acids is 1. The highest BCUT2D eigenvalue weighted by Gasteiger charge is 2.19. The van der Waals surface area contributed by atoms with Crippen molar-refractivity contribution in [2.24, 2.45) is 5.92 Å². The Morgan fingerprint density at radius 1 is 1.20 bits per heavy atom. The largest absolute Gasteiger partial charge is 0.478 e. The van der Waals surface area contributed by atoms with Gasteiger partial charge in [-0.1, -0.05) is 51.5 Å². The van der Waals surface area contributed by atoms with Gasteiger partial charge in [-0.25, -0.2) is 4.79 Å². The normalized spacial score (nSPS) is 17.8. The fourth-order valence-electron chi connectivity index (χ4n) is 3.25. The first-order valence-electron chi connectivity index (χ1n) is 8.05. The minimum Gasteiger partial charge on any atom is -0.478 e. The van der Waals surface area contributed by atoms with Crippen LogP contribution < -0.4 is 0 Å². The Morgan fingerprint density at radius 3 is 2.75 bits per heavy atom. The number of carbonyl (C=O) groups is 1. The average Bonchev–Trinajstić information content (AvgIpc) is 2.46. The molecule has 1 aliphatic carbocycles. The van der Waals surface area contributed by atoms with Gasteiger partial charge in [-0.3, -0.25) is 0 Å². The number of carboxylic acid groups (broad SMARTS) is 1. The van der Waals surface area contributed by atoms with Gasteiger partial charge in [-0.15, -0.1) is 0 Å². The fourth-order valence-corrected chi connectivity index (χ4v) is 3.25. The fraction of sp³-hybridized carbons (Fsp3) is 0.611. The van der Waals surface area contributed by atoms with Crippen LogP contribution in [0.3, 0.4) is 0 Å². The van der Waals surface area contributed by atoms with Gasteiger partial charge >= 0.3 is 5.97 Å². The van der Waals surface area contributed by atoms with Gasteiger partial charge in [0.1, 0.15) is 0 Å². The number of hydrogen-bond acceptors (Lipinski definition) is 1. The highest BCUT2D eigenvalue weighted by Crippen LogP contribution is 2.29. The van der Waals surface area contributed by atoms with Gasteiger partial charge in [-0.2, -0.15) is 0 Å². The van der Waals surface area contributed by atoms with Crippen LogP contribution >= 0.6 is 0 Å². The summed E-state index contributed by atoms with van der Waals surface area (Å²) >= 11 is 0. The summed E-state index contributed by atoms with van der Waals surface area (Å²) in [7, 11) is 0. The Balaban J connectivity index is 1.86. The molecule has 0 bridgehead atoms. The van der Waals surface area contributed by atoms with Gasteiger partial charge in [0, 0.05) is 0 Å². The highest BCUT2D eigenvalue weighted by atomic mass is 16.4. The topological polar surface area (TPSA) is 37.3 Å². The molecule has 20 heavy (non-hydrogen) atoms. The molecule has 0 fully saturated rings. The van der Waals surface area contributed by atoms with Crippen LogP contribution in [0.1, 0.15) is 73.4 Å². The lowest BCUT2D eigenvalue weighted by Gasteiger charge is -2.25. The third-order valence-electron chi connectivity index (χ3n) is 4.50. The molecule has 0 heterocycles. The summed E-state index contributed by atoms with van der Waals surface area (Å²) < 4.78 is 0. The third-order valence-corrected chi connectivity index (χ3v) is 4.50. The smallest absolute Gasteiger partial charge is 0.335 e. The van der Waals surface area contributed by atoms with E-state index >= 15 is 0 Å². The van der Waals surface area contributed by atoms with Gasteiger partial charge < -0.3 is 5.11 Å². The van der Waals surface area contributed by atoms with Crippen LogP contribution in [0.25, 0.3) is 0 Å². The second-order valence-corrected chi connectivity index (χ2v) is 6.10. The van der Waals surface area contributed by atoms with E-state index in [9.17, 15) is 4.79 Å². The van der Waals surface area contributed by atoms with Crippen LogP contribution in [0, 0.1) is 5.92 Å². The molecule has 2 rings (SSSR count). The minimum absolute atomic E-state index is 0.437. The maximum Gasteiger partial charge on any atom is 0.335 e. The molecule has 0 aromatic heterocycles. The van der Waals surface area contributed by atoms with E-state index in [1.807, 2.05) is 12.1 Å². The lowest BCUT2D eigenvalue weighted by atomic mass is 9.81. The van der Waals surface area contributed by atoms with E-state index in [2.05, 4.69) is 6.92 Å². The number of hydrogen-bond donors (Lipinski definition) is 1. The molecule has 0 amide bonds. The maximum atomic E-state index is 11.0. The summed E-state index contributed by atoms with van der Waals surface area (Å²) in [5, 5.41) is 9.08. The lowest BCUT2D eigenvalue weighted by molar-refractivity contribution is 0.0696. The van der Waals surface area contributed by atoms with Crippen molar-refractivity contribution in [3.8, 4) is 0 Å². The number of benzene rings is 1. The quantitative estimate of drug-likeness (QED) is 0.722. The molecule has 1 N–H and O–H groups in total. The molecule has 0 aliphatic heterocycles. The SMILES string of the molecule is CCCCCCCC1CCc2ccc(C(=O)O)cc2C1. The van der Waals surface area contributed by atoms with E-state index in [1.165, 1.54) is 56.1 Å². The predicted molar refractivity (Wildman–Crippen MR) is 82.3 cm³/mol. The van der Waals surface area contributed by atoms with E-state index < -0.39 is 5.97 Å². The van der Waals surface area contributed by atoms with Gasteiger partial charge in [0.15, 0.2) is 0 Å². The molecular weight excluding hydrogens is 248 g/mol. The first-order chi connectivity index (χ1) is 9.70. The van der Waals surface area contributed by atoms with Gasteiger partial charge in [0.25, 0.3) is 0 Å². The van der Waals surface area contributed by atoms with Crippen molar-refractivity contribution in [2.45, 2.75) is 64.7 Å². The lowest BCUT2D eigenvalue weighted by Crippen LogP contribution is -2.15. The number of rotatable bonds is 7. The standard InChI is InChI=1S/C18H26O2/c1-2-3-4-5-6-7-14-8-9-15-10-11-16(18(19)20)13-17(15)12-14/h10-11,13-14H,2-9,12H2,1H3,(H,19,20). The molecule has 2 heteroatoms. The summed E-state index contributed by atoms with van der Waals surface area (Å²) in [6.45, 7) is 2.25. The number of fused-ring (bicyclic) bond motifs is 1. The van der Waals surface area contributed by atoms with Crippen molar-refractivity contribution in [1.82, 2.24) is 0 Å². The first-order valence-corrected chi connectivity index (χ1v) is 8.05. The molecule has 0 radical (unpaired) electrons. The monoisotopic (exact) mass is 274 g/mol. The molecule has 1 aromatic rings. The van der Waals surface area contributed by atoms with Crippen molar-refractivity contribution in [3.05, 3.63) is 34.9 Å². The van der Waals surface area contributed by atoms with Crippen LogP contribution in [0.2, 0.25) is 0 Å². The predicted octanol–water partition coefficient (Wildman–Crippen LogP) is 4.85. The van der Waals surface area contributed by atoms with E-state index in [0.717, 1.165) is 18.8 Å². The molecule has 1 atom stereocenters. The average molecular weight is 274 g/mol. The molecule has 1 aliphatic rings. The van der Waals surface area contributed by atoms with E-state index in [0.29, 0.717) is 5.56 Å². The summed E-state index contributed by atoms with van der Waals surface area (Å²) in [6.07, 6.45) is 11.5. The molecule has 110 valence electrons. The van der Waals surface area contributed by atoms with Crippen molar-refractivity contribution in [2.75, 3.05) is 0 Å². The van der Waals surface area contributed by atoms with Crippen molar-refractivity contribution >= 4 is 5.97 Å². The van der Waals surface area contributed by atoms with E-state index in [4.69, 9.17) is 5.11 Å². The second kappa shape index (κ2) is 7.47. The Labute approximate surface area is 122 Å². The molecule has 1 unspecified atom stereocenters. The molecular formula is C18H26O2. The zero-order valence-corrected chi connectivity index (χ0v) is 12.5. The van der Waals surface area contributed by atoms with E-state index in [-0.39, 0.29) is 0 Å². The Bertz CT molecular complexity index is 451. The van der Waals surface area contributed by atoms with Crippen LogP contribution in [-0.4, -0.2) is 11.1 Å². The van der Waals surface area contributed by atoms with Crippen molar-refractivity contribution in [3.63, 3.8) is 0 Å². The van der Waals surface area contributed by atoms with Crippen molar-refractivity contribution in [1.29, 1.82) is 0 Å². The Hall–Kier alpha value is -1.31. The Kier molecular flexibility index (Phi) is 5.63. The molecule has 0 saturated heterocycles. The van der Waals surface area contributed by atoms with Crippen LogP contribution in [0.5, 0.6) is 0 Å². The first kappa shape index (κ1) is 15.1. The van der Waals surface area contributed by atoms with Crippen molar-refractivity contribution < 1.29 is 9.90 Å². The molecule has 0 spiro atoms. The summed E-state index contributed by atoms with van der Waals surface area (Å²) in [5.41, 5.74) is 3.07. The zero-order chi connectivity index (χ0) is 14.4. The molecule has 0 saturated carbocycles. The molecule has 1 aromatic carbocycles. The van der Waals surface area contributed by atoms with Crippen LogP contribution in [0.15, 0.2) is 18.2 Å². The summed E-state index contributed by atoms with van der Waals surface area (Å²) in [4.78, 5) is 11.0. The molecule has 2 nitrogen and oxygen atoms in total. The van der Waals surface area contributed by atoms with Gasteiger partial charge in [-0.05, 0) is 48.4 Å². The minimum atomic E-state index is -0.811. The Morgan fingerprint density at radius 2 is 2.00 bits per heavy atom. The number of carboxylic acids is 1. The summed E-state index contributed by atoms with van der Waals surface area (Å²) in [6, 6.07) is 5.64. The summed E-state index contributed by atoms with van der Waals surface area (Å²) in [5.74, 6) is -0.0531. The van der Waals surface area contributed by atoms with Gasteiger partial charge in [0.05, 0.1) is 5.56 Å². The third kappa shape index (κ3) is 4.09. The highest BCUT2D eigenvalue weighted by molar-refractivity contribution is 5.87. The maximum absolute atomic E-state index is 11.0. The second-order valence-electron chi connectivity index (χ2n) is 6.10. The number of aryl methyl sites for hydroxylation is 1.